The van der Waals surface area contributed by atoms with Crippen LogP contribution in [0.1, 0.15) is 15.9 Å². The van der Waals surface area contributed by atoms with Crippen molar-refractivity contribution in [1.29, 1.82) is 0 Å². The highest BCUT2D eigenvalue weighted by Gasteiger charge is 2.18. The summed E-state index contributed by atoms with van der Waals surface area (Å²) in [5.41, 5.74) is 2.92. The predicted molar refractivity (Wildman–Crippen MR) is 107 cm³/mol. The molecule has 0 aliphatic heterocycles. The number of imidazole rings is 1. The molecule has 2 aromatic heterocycles. The highest BCUT2D eigenvalue weighted by molar-refractivity contribution is 5.90. The summed E-state index contributed by atoms with van der Waals surface area (Å²) in [4.78, 5) is 16.6. The number of phenolic OH excluding ortho intramolecular Hbond substituents is 1. The number of ether oxygens (including phenoxy) is 1. The number of hydrogen-bond donors (Lipinski definition) is 2. The molecule has 146 valence electrons. The van der Waals surface area contributed by atoms with Crippen LogP contribution in [0.2, 0.25) is 0 Å². The van der Waals surface area contributed by atoms with Crippen molar-refractivity contribution in [2.45, 2.75) is 6.54 Å². The summed E-state index contributed by atoms with van der Waals surface area (Å²) >= 11 is 0. The number of aromatic hydroxyl groups is 1. The van der Waals surface area contributed by atoms with Gasteiger partial charge in [0.05, 0.1) is 12.7 Å². The van der Waals surface area contributed by atoms with Crippen molar-refractivity contribution in [3.05, 3.63) is 83.8 Å². The number of esters is 1. The number of para-hydroxylation sites is 1. The van der Waals surface area contributed by atoms with E-state index in [0.717, 1.165) is 5.56 Å². The van der Waals surface area contributed by atoms with Crippen LogP contribution in [0.5, 0.6) is 5.75 Å². The van der Waals surface area contributed by atoms with Gasteiger partial charge in [-0.1, -0.05) is 24.3 Å². The molecule has 7 heteroatoms. The minimum Gasteiger partial charge on any atom is -0.507 e. The summed E-state index contributed by atoms with van der Waals surface area (Å²) in [6.45, 7) is 0.400. The second kappa shape index (κ2) is 7.63. The quantitative estimate of drug-likeness (QED) is 0.498. The Morgan fingerprint density at radius 3 is 2.62 bits per heavy atom. The third-order valence-electron chi connectivity index (χ3n) is 4.57. The Kier molecular flexibility index (Phi) is 4.87. The van der Waals surface area contributed by atoms with Crippen LogP contribution in [0.3, 0.4) is 0 Å². The van der Waals surface area contributed by atoms with Gasteiger partial charge >= 0.3 is 5.97 Å². The van der Waals surface area contributed by atoms with E-state index < -0.39 is 5.97 Å². The summed E-state index contributed by atoms with van der Waals surface area (Å²) in [5.74, 6) is -0.0825. The van der Waals surface area contributed by atoms with Crippen LogP contribution in [-0.4, -0.2) is 27.6 Å². The first kappa shape index (κ1) is 18.5. The highest BCUT2D eigenvalue weighted by atomic mass is 19.1. The molecule has 0 unspecified atom stereocenters. The largest absolute Gasteiger partial charge is 0.507 e. The first-order chi connectivity index (χ1) is 14.1. The molecule has 0 aliphatic carbocycles. The van der Waals surface area contributed by atoms with Crippen LogP contribution in [-0.2, 0) is 11.3 Å². The van der Waals surface area contributed by atoms with Gasteiger partial charge in [-0.05, 0) is 42.0 Å². The van der Waals surface area contributed by atoms with Gasteiger partial charge in [-0.15, -0.1) is 0 Å². The first-order valence-corrected chi connectivity index (χ1v) is 8.94. The lowest BCUT2D eigenvalue weighted by molar-refractivity contribution is 0.0600. The summed E-state index contributed by atoms with van der Waals surface area (Å²) in [6, 6.07) is 16.4. The van der Waals surface area contributed by atoms with Gasteiger partial charge in [0.15, 0.2) is 0 Å². The number of hydrogen-bond acceptors (Lipinski definition) is 5. The number of fused-ring (bicyclic) bond motifs is 1. The zero-order chi connectivity index (χ0) is 20.4. The van der Waals surface area contributed by atoms with Crippen LogP contribution >= 0.6 is 0 Å². The van der Waals surface area contributed by atoms with Gasteiger partial charge in [0.1, 0.15) is 28.7 Å². The van der Waals surface area contributed by atoms with E-state index in [1.54, 1.807) is 53.1 Å². The second-order valence-electron chi connectivity index (χ2n) is 6.44. The summed E-state index contributed by atoms with van der Waals surface area (Å²) in [7, 11) is 1.32. The van der Waals surface area contributed by atoms with Gasteiger partial charge in [-0.2, -0.15) is 0 Å². The van der Waals surface area contributed by atoms with E-state index in [1.807, 2.05) is 6.07 Å². The molecule has 0 radical (unpaired) electrons. The fraction of sp³-hybridized carbons (Fsp3) is 0.0909. The molecule has 4 aromatic rings. The van der Waals surface area contributed by atoms with Crippen molar-refractivity contribution in [2.24, 2.45) is 0 Å². The van der Waals surface area contributed by atoms with E-state index in [1.165, 1.54) is 19.2 Å². The van der Waals surface area contributed by atoms with E-state index in [9.17, 15) is 14.3 Å². The minimum atomic E-state index is -0.464. The van der Waals surface area contributed by atoms with E-state index in [-0.39, 0.29) is 11.6 Å². The number of benzene rings is 2. The molecule has 0 saturated heterocycles. The lowest BCUT2D eigenvalue weighted by Gasteiger charge is -2.10. The average Bonchev–Trinajstić information content (AvgIpc) is 3.10. The predicted octanol–water partition coefficient (Wildman–Crippen LogP) is 4.24. The molecule has 0 bridgehead atoms. The number of nitrogens with zero attached hydrogens (tertiary/aromatic N) is 2. The summed E-state index contributed by atoms with van der Waals surface area (Å²) < 4.78 is 19.7. The van der Waals surface area contributed by atoms with Crippen molar-refractivity contribution < 1.29 is 19.0 Å². The van der Waals surface area contributed by atoms with Crippen molar-refractivity contribution >= 4 is 17.4 Å². The van der Waals surface area contributed by atoms with E-state index in [4.69, 9.17) is 4.74 Å². The number of pyridine rings is 1. The van der Waals surface area contributed by atoms with Gasteiger partial charge in [0.25, 0.3) is 0 Å². The molecule has 6 nitrogen and oxygen atoms in total. The maximum atomic E-state index is 13.2. The Bertz CT molecular complexity index is 1190. The molecule has 2 N–H and O–H groups in total. The smallest absolute Gasteiger partial charge is 0.339 e. The molecular weight excluding hydrogens is 373 g/mol. The normalized spacial score (nSPS) is 10.8. The fourth-order valence-electron chi connectivity index (χ4n) is 3.10. The lowest BCUT2D eigenvalue weighted by atomic mass is 10.1. The van der Waals surface area contributed by atoms with Gasteiger partial charge in [0.2, 0.25) is 0 Å². The molecule has 2 heterocycles. The van der Waals surface area contributed by atoms with Crippen molar-refractivity contribution in [3.63, 3.8) is 0 Å². The molecule has 29 heavy (non-hydrogen) atoms. The number of anilines is 1. The Morgan fingerprint density at radius 1 is 1.14 bits per heavy atom. The van der Waals surface area contributed by atoms with Crippen molar-refractivity contribution in [1.82, 2.24) is 9.38 Å². The minimum absolute atomic E-state index is 0.0916. The van der Waals surface area contributed by atoms with Crippen LogP contribution in [0, 0.1) is 5.82 Å². The molecule has 0 aliphatic rings. The Balaban J connectivity index is 1.82. The van der Waals surface area contributed by atoms with Gasteiger partial charge < -0.3 is 15.2 Å². The monoisotopic (exact) mass is 391 g/mol. The number of halogens is 1. The number of aromatic nitrogens is 2. The SMILES string of the molecule is COC(=O)c1ccc2nc(-c3ccccc3O)c(NCc3ccc(F)cc3)n2c1. The van der Waals surface area contributed by atoms with Crippen molar-refractivity contribution in [2.75, 3.05) is 12.4 Å². The van der Waals surface area contributed by atoms with E-state index in [2.05, 4.69) is 10.3 Å². The number of nitrogens with one attached hydrogen (secondary N) is 1. The van der Waals surface area contributed by atoms with Crippen LogP contribution in [0.25, 0.3) is 16.9 Å². The molecule has 0 spiro atoms. The molecule has 0 saturated carbocycles. The molecule has 2 aromatic carbocycles. The highest BCUT2D eigenvalue weighted by Crippen LogP contribution is 2.34. The maximum absolute atomic E-state index is 13.2. The third-order valence-corrected chi connectivity index (χ3v) is 4.57. The number of carbonyl (C=O) groups is 1. The Labute approximate surface area is 166 Å². The van der Waals surface area contributed by atoms with Gasteiger partial charge in [0, 0.05) is 18.3 Å². The molecular formula is C22H18FN3O3. The standard InChI is InChI=1S/C22H18FN3O3/c1-29-22(28)15-8-11-19-25-20(17-4-2-3-5-18(17)27)21(26(19)13-15)24-12-14-6-9-16(23)10-7-14/h2-11,13,24,27H,12H2,1H3. The fourth-order valence-corrected chi connectivity index (χ4v) is 3.10. The molecule has 0 fully saturated rings. The second-order valence-corrected chi connectivity index (χ2v) is 6.44. The first-order valence-electron chi connectivity index (χ1n) is 8.94. The van der Waals surface area contributed by atoms with Gasteiger partial charge in [-0.25, -0.2) is 14.2 Å². The van der Waals surface area contributed by atoms with E-state index >= 15 is 0 Å². The Morgan fingerprint density at radius 2 is 1.90 bits per heavy atom. The van der Waals surface area contributed by atoms with Gasteiger partial charge in [-0.3, -0.25) is 4.40 Å². The third kappa shape index (κ3) is 3.62. The average molecular weight is 391 g/mol. The Hall–Kier alpha value is -3.87. The number of rotatable bonds is 5. The topological polar surface area (TPSA) is 75.9 Å². The van der Waals surface area contributed by atoms with Crippen LogP contribution in [0.15, 0.2) is 66.9 Å². The number of methoxy groups -OCH3 is 1. The molecule has 0 amide bonds. The van der Waals surface area contributed by atoms with Crippen molar-refractivity contribution in [3.8, 4) is 17.0 Å². The summed E-state index contributed by atoms with van der Waals surface area (Å²) in [5, 5.41) is 13.6. The lowest BCUT2D eigenvalue weighted by Crippen LogP contribution is -2.06. The van der Waals surface area contributed by atoms with E-state index in [0.29, 0.717) is 34.8 Å². The molecule has 0 atom stereocenters. The van der Waals surface area contributed by atoms with Crippen LogP contribution in [0.4, 0.5) is 10.2 Å². The molecule has 4 rings (SSSR count). The summed E-state index contributed by atoms with van der Waals surface area (Å²) in [6.07, 6.45) is 1.63. The zero-order valence-corrected chi connectivity index (χ0v) is 15.6. The van der Waals surface area contributed by atoms with Crippen LogP contribution < -0.4 is 5.32 Å². The number of phenols is 1. The zero-order valence-electron chi connectivity index (χ0n) is 15.6. The number of carbonyl (C=O) groups excluding carboxylic acids is 1. The maximum Gasteiger partial charge on any atom is 0.339 e.